The maximum atomic E-state index is 13.9. The SMILES string of the molecule is Cn1ccnc1C(NC(=O)N1CCCN(CC2CCCCC2)CC1)c1cccc(F)c1. The van der Waals surface area contributed by atoms with E-state index in [-0.39, 0.29) is 11.8 Å². The molecule has 7 heteroatoms. The van der Waals surface area contributed by atoms with Crippen molar-refractivity contribution in [2.24, 2.45) is 13.0 Å². The summed E-state index contributed by atoms with van der Waals surface area (Å²) in [6.07, 6.45) is 11.3. The van der Waals surface area contributed by atoms with Crippen LogP contribution in [-0.4, -0.2) is 58.1 Å². The van der Waals surface area contributed by atoms with Crippen LogP contribution in [0.1, 0.15) is 56.0 Å². The Bertz CT molecular complexity index is 863. The minimum absolute atomic E-state index is 0.114. The van der Waals surface area contributed by atoms with Gasteiger partial charge in [-0.15, -0.1) is 0 Å². The summed E-state index contributed by atoms with van der Waals surface area (Å²) in [5.41, 5.74) is 0.691. The zero-order valence-electron chi connectivity index (χ0n) is 18.5. The van der Waals surface area contributed by atoms with E-state index in [2.05, 4.69) is 15.2 Å². The molecule has 6 nitrogen and oxygen atoms in total. The lowest BCUT2D eigenvalue weighted by atomic mass is 9.89. The molecule has 1 N–H and O–H groups in total. The molecule has 1 aromatic heterocycles. The van der Waals surface area contributed by atoms with E-state index in [9.17, 15) is 9.18 Å². The van der Waals surface area contributed by atoms with Crippen molar-refractivity contribution in [2.75, 3.05) is 32.7 Å². The Balaban J connectivity index is 1.41. The predicted octanol–water partition coefficient (Wildman–Crippen LogP) is 3.95. The van der Waals surface area contributed by atoms with E-state index in [1.807, 2.05) is 28.8 Å². The zero-order valence-corrected chi connectivity index (χ0v) is 18.5. The molecule has 1 saturated heterocycles. The van der Waals surface area contributed by atoms with Gasteiger partial charge in [0, 0.05) is 45.6 Å². The number of urea groups is 1. The first kappa shape index (κ1) is 21.8. The van der Waals surface area contributed by atoms with E-state index in [1.165, 1.54) is 44.2 Å². The minimum atomic E-state index is -0.496. The number of hydrogen-bond acceptors (Lipinski definition) is 3. The van der Waals surface area contributed by atoms with Crippen molar-refractivity contribution < 1.29 is 9.18 Å². The van der Waals surface area contributed by atoms with Crippen LogP contribution in [0.5, 0.6) is 0 Å². The number of carbonyl (C=O) groups excluding carboxylic acids is 1. The molecule has 1 aromatic carbocycles. The summed E-state index contributed by atoms with van der Waals surface area (Å²) >= 11 is 0. The van der Waals surface area contributed by atoms with E-state index in [0.29, 0.717) is 11.4 Å². The van der Waals surface area contributed by atoms with Gasteiger partial charge in [-0.2, -0.15) is 0 Å². The number of nitrogens with zero attached hydrogens (tertiary/aromatic N) is 4. The first-order chi connectivity index (χ1) is 15.1. The van der Waals surface area contributed by atoms with Gasteiger partial charge in [0.05, 0.1) is 0 Å². The summed E-state index contributed by atoms with van der Waals surface area (Å²) in [7, 11) is 1.88. The highest BCUT2D eigenvalue weighted by molar-refractivity contribution is 5.75. The molecule has 1 saturated carbocycles. The van der Waals surface area contributed by atoms with Gasteiger partial charge in [-0.05, 0) is 49.4 Å². The van der Waals surface area contributed by atoms with Crippen molar-refractivity contribution in [1.82, 2.24) is 24.7 Å². The van der Waals surface area contributed by atoms with Gasteiger partial charge in [0.25, 0.3) is 0 Å². The summed E-state index contributed by atoms with van der Waals surface area (Å²) in [6.45, 7) is 4.58. The fraction of sp³-hybridized carbons (Fsp3) is 0.583. The maximum absolute atomic E-state index is 13.9. The molecule has 1 unspecified atom stereocenters. The van der Waals surface area contributed by atoms with Crippen LogP contribution in [0.25, 0.3) is 0 Å². The fourth-order valence-electron chi connectivity index (χ4n) is 4.94. The van der Waals surface area contributed by atoms with Crippen LogP contribution in [0.2, 0.25) is 0 Å². The van der Waals surface area contributed by atoms with Crippen molar-refractivity contribution in [1.29, 1.82) is 0 Å². The number of aromatic nitrogens is 2. The zero-order chi connectivity index (χ0) is 21.6. The van der Waals surface area contributed by atoms with Crippen LogP contribution >= 0.6 is 0 Å². The van der Waals surface area contributed by atoms with E-state index in [1.54, 1.807) is 12.3 Å². The standard InChI is InChI=1S/C24H34FN5O/c1-28-14-11-26-23(28)22(20-9-5-10-21(25)17-20)27-24(31)30-13-6-12-29(15-16-30)18-19-7-3-2-4-8-19/h5,9-11,14,17,19,22H,2-4,6-8,12-13,15-16,18H2,1H3,(H,27,31). The average molecular weight is 428 g/mol. The molecule has 168 valence electrons. The van der Waals surface area contributed by atoms with Gasteiger partial charge in [-0.3, -0.25) is 0 Å². The summed E-state index contributed by atoms with van der Waals surface area (Å²) in [5, 5.41) is 3.12. The van der Waals surface area contributed by atoms with E-state index < -0.39 is 6.04 Å². The first-order valence-electron chi connectivity index (χ1n) is 11.6. The van der Waals surface area contributed by atoms with Crippen LogP contribution < -0.4 is 5.32 Å². The van der Waals surface area contributed by atoms with Gasteiger partial charge >= 0.3 is 6.03 Å². The summed E-state index contributed by atoms with van der Waals surface area (Å²) in [5.74, 6) is 1.18. The second-order valence-corrected chi connectivity index (χ2v) is 8.98. The maximum Gasteiger partial charge on any atom is 0.318 e. The monoisotopic (exact) mass is 427 g/mol. The number of aryl methyl sites for hydroxylation is 1. The third kappa shape index (κ3) is 5.64. The van der Waals surface area contributed by atoms with E-state index >= 15 is 0 Å². The number of benzene rings is 1. The molecule has 2 aliphatic rings. The van der Waals surface area contributed by atoms with Crippen LogP contribution in [0.4, 0.5) is 9.18 Å². The summed E-state index contributed by atoms with van der Waals surface area (Å²) in [4.78, 5) is 22.0. The molecule has 31 heavy (non-hydrogen) atoms. The molecule has 2 aromatic rings. The van der Waals surface area contributed by atoms with Crippen molar-refractivity contribution in [3.05, 3.63) is 53.9 Å². The van der Waals surface area contributed by atoms with E-state index in [0.717, 1.165) is 45.1 Å². The number of carbonyl (C=O) groups is 1. The number of imidazole rings is 1. The largest absolute Gasteiger partial charge is 0.336 e. The second-order valence-electron chi connectivity index (χ2n) is 8.98. The van der Waals surface area contributed by atoms with Gasteiger partial charge in [0.1, 0.15) is 17.7 Å². The molecule has 1 atom stereocenters. The normalized spacial score (nSPS) is 19.7. The topological polar surface area (TPSA) is 53.4 Å². The Labute approximate surface area is 184 Å². The number of rotatable bonds is 5. The Hall–Kier alpha value is -2.41. The lowest BCUT2D eigenvalue weighted by Crippen LogP contribution is -2.44. The summed E-state index contributed by atoms with van der Waals surface area (Å²) in [6, 6.07) is 5.77. The van der Waals surface area contributed by atoms with Gasteiger partial charge in [0.15, 0.2) is 0 Å². The first-order valence-corrected chi connectivity index (χ1v) is 11.6. The van der Waals surface area contributed by atoms with Crippen LogP contribution in [-0.2, 0) is 7.05 Å². The second kappa shape index (κ2) is 10.3. The molecule has 2 amide bonds. The highest BCUT2D eigenvalue weighted by atomic mass is 19.1. The van der Waals surface area contributed by atoms with Gasteiger partial charge < -0.3 is 19.7 Å². The number of hydrogen-bond donors (Lipinski definition) is 1. The van der Waals surface area contributed by atoms with Crippen LogP contribution in [0.15, 0.2) is 36.7 Å². The van der Waals surface area contributed by atoms with Crippen molar-refractivity contribution in [2.45, 2.75) is 44.6 Å². The Morgan fingerprint density at radius 2 is 2.00 bits per heavy atom. The van der Waals surface area contributed by atoms with Gasteiger partial charge in [-0.25, -0.2) is 14.2 Å². The number of amides is 2. The predicted molar refractivity (Wildman–Crippen MR) is 119 cm³/mol. The molecule has 2 fully saturated rings. The third-order valence-corrected chi connectivity index (χ3v) is 6.68. The number of nitrogens with one attached hydrogen (secondary N) is 1. The Morgan fingerprint density at radius 1 is 1.16 bits per heavy atom. The smallest absolute Gasteiger partial charge is 0.318 e. The molecule has 0 spiro atoms. The quantitative estimate of drug-likeness (QED) is 0.786. The van der Waals surface area contributed by atoms with Crippen LogP contribution in [0.3, 0.4) is 0 Å². The van der Waals surface area contributed by atoms with Crippen molar-refractivity contribution in [3.63, 3.8) is 0 Å². The minimum Gasteiger partial charge on any atom is -0.336 e. The molecular weight excluding hydrogens is 393 g/mol. The molecule has 4 rings (SSSR count). The van der Waals surface area contributed by atoms with Crippen molar-refractivity contribution in [3.8, 4) is 0 Å². The van der Waals surface area contributed by atoms with Gasteiger partial charge in [0.2, 0.25) is 0 Å². The molecule has 2 heterocycles. The van der Waals surface area contributed by atoms with Crippen molar-refractivity contribution >= 4 is 6.03 Å². The number of halogens is 1. The molecule has 1 aliphatic heterocycles. The molecule has 0 bridgehead atoms. The van der Waals surface area contributed by atoms with E-state index in [4.69, 9.17) is 0 Å². The third-order valence-electron chi connectivity index (χ3n) is 6.68. The summed E-state index contributed by atoms with van der Waals surface area (Å²) < 4.78 is 15.8. The van der Waals surface area contributed by atoms with Crippen LogP contribution in [0, 0.1) is 11.7 Å². The van der Waals surface area contributed by atoms with Gasteiger partial charge in [-0.1, -0.05) is 31.4 Å². The lowest BCUT2D eigenvalue weighted by Gasteiger charge is -2.29. The molecular formula is C24H34FN5O. The fourth-order valence-corrected chi connectivity index (χ4v) is 4.94. The Morgan fingerprint density at radius 3 is 2.74 bits per heavy atom. The molecule has 0 radical (unpaired) electrons. The highest BCUT2D eigenvalue weighted by Crippen LogP contribution is 2.25. The molecule has 1 aliphatic carbocycles. The Kier molecular flexibility index (Phi) is 7.22. The average Bonchev–Trinajstić information content (AvgIpc) is 3.05. The lowest BCUT2D eigenvalue weighted by molar-refractivity contribution is 0.188. The highest BCUT2D eigenvalue weighted by Gasteiger charge is 2.26.